The fourth-order valence-electron chi connectivity index (χ4n) is 2.11. The summed E-state index contributed by atoms with van der Waals surface area (Å²) in [6.45, 7) is 5.08. The van der Waals surface area contributed by atoms with Gasteiger partial charge in [-0.05, 0) is 56.7 Å². The molecule has 1 aliphatic carbocycles. The van der Waals surface area contributed by atoms with Crippen LogP contribution in [0.5, 0.6) is 0 Å². The summed E-state index contributed by atoms with van der Waals surface area (Å²) < 4.78 is 0. The van der Waals surface area contributed by atoms with Crippen LogP contribution in [0.15, 0.2) is 24.3 Å². The number of rotatable bonds is 7. The number of carbonyl (C=O) groups is 1. The molecule has 2 N–H and O–H groups in total. The molecule has 19 heavy (non-hydrogen) atoms. The van der Waals surface area contributed by atoms with Crippen molar-refractivity contribution >= 4 is 5.97 Å². The smallest absolute Gasteiger partial charge is 0.309 e. The SMILES string of the molecule is CC(C)(CCNCc1cccc(C2CC2)c1)C(=O)O. The van der Waals surface area contributed by atoms with E-state index in [1.165, 1.54) is 24.0 Å². The Morgan fingerprint density at radius 1 is 1.42 bits per heavy atom. The van der Waals surface area contributed by atoms with Crippen LogP contribution in [0.4, 0.5) is 0 Å². The summed E-state index contributed by atoms with van der Waals surface area (Å²) in [5.41, 5.74) is 2.09. The molecule has 0 bridgehead atoms. The largest absolute Gasteiger partial charge is 0.481 e. The highest BCUT2D eigenvalue weighted by molar-refractivity contribution is 5.73. The van der Waals surface area contributed by atoms with E-state index in [1.807, 2.05) is 0 Å². The van der Waals surface area contributed by atoms with Crippen molar-refractivity contribution in [2.45, 2.75) is 45.6 Å². The Bertz CT molecular complexity index is 450. The van der Waals surface area contributed by atoms with Gasteiger partial charge in [-0.2, -0.15) is 0 Å². The zero-order valence-electron chi connectivity index (χ0n) is 11.8. The molecule has 0 atom stereocenters. The molecular weight excluding hydrogens is 238 g/mol. The van der Waals surface area contributed by atoms with E-state index in [0.29, 0.717) is 6.42 Å². The maximum atomic E-state index is 11.0. The van der Waals surface area contributed by atoms with E-state index in [9.17, 15) is 4.79 Å². The molecule has 0 radical (unpaired) electrons. The second-order valence-corrected chi connectivity index (χ2v) is 6.14. The molecule has 0 aromatic heterocycles. The van der Waals surface area contributed by atoms with Gasteiger partial charge in [0.15, 0.2) is 0 Å². The second-order valence-electron chi connectivity index (χ2n) is 6.14. The van der Waals surface area contributed by atoms with E-state index in [1.54, 1.807) is 13.8 Å². The number of carboxylic acid groups (broad SMARTS) is 1. The van der Waals surface area contributed by atoms with E-state index in [0.717, 1.165) is 19.0 Å². The van der Waals surface area contributed by atoms with Crippen LogP contribution in [0.25, 0.3) is 0 Å². The summed E-state index contributed by atoms with van der Waals surface area (Å²) in [4.78, 5) is 11.0. The van der Waals surface area contributed by atoms with Gasteiger partial charge in [0, 0.05) is 6.54 Å². The Morgan fingerprint density at radius 3 is 2.79 bits per heavy atom. The minimum Gasteiger partial charge on any atom is -0.481 e. The van der Waals surface area contributed by atoms with E-state index >= 15 is 0 Å². The van der Waals surface area contributed by atoms with Crippen LogP contribution in [-0.4, -0.2) is 17.6 Å². The molecule has 0 aliphatic heterocycles. The van der Waals surface area contributed by atoms with Crippen LogP contribution in [0.2, 0.25) is 0 Å². The molecule has 1 aromatic carbocycles. The Balaban J connectivity index is 1.76. The first-order chi connectivity index (χ1) is 8.99. The van der Waals surface area contributed by atoms with Gasteiger partial charge in [0.2, 0.25) is 0 Å². The predicted octanol–water partition coefficient (Wildman–Crippen LogP) is 3.15. The third-order valence-corrected chi connectivity index (χ3v) is 3.83. The van der Waals surface area contributed by atoms with Gasteiger partial charge in [0.1, 0.15) is 0 Å². The minimum atomic E-state index is -0.731. The average molecular weight is 261 g/mol. The molecule has 104 valence electrons. The fourth-order valence-corrected chi connectivity index (χ4v) is 2.11. The third kappa shape index (κ3) is 4.06. The average Bonchev–Trinajstić information content (AvgIpc) is 3.19. The van der Waals surface area contributed by atoms with Gasteiger partial charge in [-0.15, -0.1) is 0 Å². The molecule has 0 saturated heterocycles. The number of aliphatic carboxylic acids is 1. The van der Waals surface area contributed by atoms with Crippen LogP contribution in [0, 0.1) is 5.41 Å². The third-order valence-electron chi connectivity index (χ3n) is 3.83. The lowest BCUT2D eigenvalue weighted by atomic mass is 9.90. The lowest BCUT2D eigenvalue weighted by Gasteiger charge is -2.19. The lowest BCUT2D eigenvalue weighted by molar-refractivity contribution is -0.147. The zero-order valence-corrected chi connectivity index (χ0v) is 11.8. The highest BCUT2D eigenvalue weighted by Crippen LogP contribution is 2.40. The predicted molar refractivity (Wildman–Crippen MR) is 76.2 cm³/mol. The fraction of sp³-hybridized carbons (Fsp3) is 0.562. The van der Waals surface area contributed by atoms with E-state index in [2.05, 4.69) is 29.6 Å². The van der Waals surface area contributed by atoms with Gasteiger partial charge < -0.3 is 10.4 Å². The summed E-state index contributed by atoms with van der Waals surface area (Å²) in [5, 5.41) is 12.4. The van der Waals surface area contributed by atoms with Crippen molar-refractivity contribution in [2.24, 2.45) is 5.41 Å². The van der Waals surface area contributed by atoms with Gasteiger partial charge in [-0.3, -0.25) is 4.79 Å². The van der Waals surface area contributed by atoms with Crippen LogP contribution in [0.1, 0.15) is 50.2 Å². The van der Waals surface area contributed by atoms with Gasteiger partial charge in [-0.1, -0.05) is 24.3 Å². The molecule has 2 rings (SSSR count). The maximum Gasteiger partial charge on any atom is 0.309 e. The number of hydrogen-bond acceptors (Lipinski definition) is 2. The first kappa shape index (κ1) is 14.1. The Labute approximate surface area is 115 Å². The van der Waals surface area contributed by atoms with Crippen LogP contribution in [0.3, 0.4) is 0 Å². The first-order valence-electron chi connectivity index (χ1n) is 7.02. The summed E-state index contributed by atoms with van der Waals surface area (Å²) >= 11 is 0. The van der Waals surface area contributed by atoms with Crippen LogP contribution in [-0.2, 0) is 11.3 Å². The van der Waals surface area contributed by atoms with Gasteiger partial charge in [0.25, 0.3) is 0 Å². The molecule has 1 fully saturated rings. The molecule has 1 aromatic rings. The summed E-state index contributed by atoms with van der Waals surface area (Å²) in [6, 6.07) is 8.72. The number of hydrogen-bond donors (Lipinski definition) is 2. The Kier molecular flexibility index (Phi) is 4.25. The van der Waals surface area contributed by atoms with Crippen molar-refractivity contribution in [3.63, 3.8) is 0 Å². The topological polar surface area (TPSA) is 49.3 Å². The minimum absolute atomic E-state index is 0.644. The number of benzene rings is 1. The van der Waals surface area contributed by atoms with Gasteiger partial charge >= 0.3 is 5.97 Å². The molecule has 0 amide bonds. The van der Waals surface area contributed by atoms with Crippen molar-refractivity contribution in [1.82, 2.24) is 5.32 Å². The van der Waals surface area contributed by atoms with Gasteiger partial charge in [-0.25, -0.2) is 0 Å². The van der Waals surface area contributed by atoms with E-state index in [-0.39, 0.29) is 0 Å². The number of nitrogens with one attached hydrogen (secondary N) is 1. The lowest BCUT2D eigenvalue weighted by Crippen LogP contribution is -2.28. The van der Waals surface area contributed by atoms with Crippen LogP contribution >= 0.6 is 0 Å². The van der Waals surface area contributed by atoms with E-state index in [4.69, 9.17) is 5.11 Å². The van der Waals surface area contributed by atoms with Gasteiger partial charge in [0.05, 0.1) is 5.41 Å². The summed E-state index contributed by atoms with van der Waals surface area (Å²) in [7, 11) is 0. The monoisotopic (exact) mass is 261 g/mol. The maximum absolute atomic E-state index is 11.0. The van der Waals surface area contributed by atoms with Crippen molar-refractivity contribution in [3.8, 4) is 0 Å². The zero-order chi connectivity index (χ0) is 13.9. The first-order valence-corrected chi connectivity index (χ1v) is 7.02. The second kappa shape index (κ2) is 5.74. The van der Waals surface area contributed by atoms with Crippen LogP contribution < -0.4 is 5.32 Å². The highest BCUT2D eigenvalue weighted by Gasteiger charge is 2.26. The van der Waals surface area contributed by atoms with Crippen molar-refractivity contribution in [2.75, 3.05) is 6.54 Å². The Morgan fingerprint density at radius 2 is 2.16 bits per heavy atom. The van der Waals surface area contributed by atoms with Crippen molar-refractivity contribution < 1.29 is 9.90 Å². The molecule has 3 heteroatoms. The molecule has 0 heterocycles. The molecule has 0 spiro atoms. The van der Waals surface area contributed by atoms with Crippen molar-refractivity contribution in [3.05, 3.63) is 35.4 Å². The van der Waals surface area contributed by atoms with Crippen molar-refractivity contribution in [1.29, 1.82) is 0 Å². The normalized spacial score (nSPS) is 15.5. The highest BCUT2D eigenvalue weighted by atomic mass is 16.4. The standard InChI is InChI=1S/C16H23NO2/c1-16(2,15(18)19)8-9-17-11-12-4-3-5-14(10-12)13-6-7-13/h3-5,10,13,17H,6-9,11H2,1-2H3,(H,18,19). The summed E-state index contributed by atoms with van der Waals surface area (Å²) in [5.74, 6) is 0.0518. The molecular formula is C16H23NO2. The summed E-state index contributed by atoms with van der Waals surface area (Å²) in [6.07, 6.45) is 3.29. The molecule has 1 aliphatic rings. The molecule has 1 saturated carbocycles. The molecule has 0 unspecified atom stereocenters. The number of carboxylic acids is 1. The Hall–Kier alpha value is -1.35. The quantitative estimate of drug-likeness (QED) is 0.741. The molecule has 3 nitrogen and oxygen atoms in total. The van der Waals surface area contributed by atoms with E-state index < -0.39 is 11.4 Å².